The first-order valence-electron chi connectivity index (χ1n) is 9.52. The number of aromatic nitrogens is 1. The molecule has 0 N–H and O–H groups in total. The predicted octanol–water partition coefficient (Wildman–Crippen LogP) is 2.85. The molecule has 0 spiro atoms. The van der Waals surface area contributed by atoms with Crippen molar-refractivity contribution in [3.63, 3.8) is 0 Å². The Morgan fingerprint density at radius 1 is 1.08 bits per heavy atom. The molecule has 0 aliphatic carbocycles. The predicted molar refractivity (Wildman–Crippen MR) is 105 cm³/mol. The van der Waals surface area contributed by atoms with Crippen molar-refractivity contribution < 1.29 is 4.79 Å². The van der Waals surface area contributed by atoms with Gasteiger partial charge in [0.25, 0.3) is 0 Å². The summed E-state index contributed by atoms with van der Waals surface area (Å²) in [4.78, 5) is 24.4. The summed E-state index contributed by atoms with van der Waals surface area (Å²) >= 11 is 1.68. The Morgan fingerprint density at radius 2 is 1.96 bits per heavy atom. The van der Waals surface area contributed by atoms with Crippen molar-refractivity contribution in [1.29, 1.82) is 0 Å². The highest BCUT2D eigenvalue weighted by molar-refractivity contribution is 7.13. The third kappa shape index (κ3) is 3.91. The summed E-state index contributed by atoms with van der Waals surface area (Å²) in [6, 6.07) is 10.5. The van der Waals surface area contributed by atoms with Gasteiger partial charge in [-0.25, -0.2) is 4.98 Å². The van der Waals surface area contributed by atoms with Gasteiger partial charge in [-0.15, -0.1) is 11.3 Å². The number of carbonyl (C=O) groups is 1. The molecule has 1 unspecified atom stereocenters. The fourth-order valence-corrected chi connectivity index (χ4v) is 4.72. The van der Waals surface area contributed by atoms with Gasteiger partial charge in [-0.2, -0.15) is 0 Å². The van der Waals surface area contributed by atoms with Gasteiger partial charge in [0.2, 0.25) is 5.91 Å². The molecule has 1 atom stereocenters. The van der Waals surface area contributed by atoms with E-state index in [0.717, 1.165) is 63.7 Å². The van der Waals surface area contributed by atoms with Crippen LogP contribution in [-0.4, -0.2) is 59.5 Å². The highest BCUT2D eigenvalue weighted by Crippen LogP contribution is 2.24. The van der Waals surface area contributed by atoms with Gasteiger partial charge >= 0.3 is 0 Å². The summed E-state index contributed by atoms with van der Waals surface area (Å²) in [5.74, 6) is 0.319. The average Bonchev–Trinajstić information content (AvgIpc) is 3.30. The number of anilines is 1. The Balaban J connectivity index is 1.38. The van der Waals surface area contributed by atoms with E-state index in [1.165, 1.54) is 5.56 Å². The Kier molecular flexibility index (Phi) is 5.51. The lowest BCUT2D eigenvalue weighted by molar-refractivity contribution is -0.135. The molecule has 4 rings (SSSR count). The topological polar surface area (TPSA) is 39.7 Å². The zero-order chi connectivity index (χ0) is 17.8. The molecule has 3 heterocycles. The number of rotatable bonds is 4. The van der Waals surface area contributed by atoms with E-state index in [4.69, 9.17) is 0 Å². The molecule has 2 saturated heterocycles. The first-order chi connectivity index (χ1) is 12.8. The Morgan fingerprint density at radius 3 is 2.77 bits per heavy atom. The van der Waals surface area contributed by atoms with Crippen LogP contribution in [0.4, 0.5) is 5.13 Å². The largest absolute Gasteiger partial charge is 0.346 e. The van der Waals surface area contributed by atoms with E-state index in [2.05, 4.69) is 43.9 Å². The number of hydrogen-bond donors (Lipinski definition) is 0. The molecule has 26 heavy (non-hydrogen) atoms. The van der Waals surface area contributed by atoms with Crippen LogP contribution in [0.1, 0.15) is 24.8 Å². The zero-order valence-corrected chi connectivity index (χ0v) is 15.9. The van der Waals surface area contributed by atoms with E-state index in [0.29, 0.717) is 5.91 Å². The molecular formula is C20H26N4OS. The number of amides is 1. The fourth-order valence-electron chi connectivity index (χ4n) is 4.02. The van der Waals surface area contributed by atoms with E-state index in [9.17, 15) is 4.79 Å². The molecule has 6 heteroatoms. The summed E-state index contributed by atoms with van der Waals surface area (Å²) in [5, 5.41) is 3.09. The minimum Gasteiger partial charge on any atom is -0.346 e. The van der Waals surface area contributed by atoms with Crippen molar-refractivity contribution >= 4 is 22.4 Å². The monoisotopic (exact) mass is 370 g/mol. The first kappa shape index (κ1) is 17.5. The highest BCUT2D eigenvalue weighted by atomic mass is 32.1. The van der Waals surface area contributed by atoms with Crippen LogP contribution >= 0.6 is 11.3 Å². The second-order valence-electron chi connectivity index (χ2n) is 7.09. The van der Waals surface area contributed by atoms with Gasteiger partial charge in [0.05, 0.1) is 6.04 Å². The van der Waals surface area contributed by atoms with Gasteiger partial charge in [0.1, 0.15) is 0 Å². The highest BCUT2D eigenvalue weighted by Gasteiger charge is 2.34. The molecule has 2 aromatic rings. The van der Waals surface area contributed by atoms with E-state index in [-0.39, 0.29) is 6.04 Å². The van der Waals surface area contributed by atoms with E-state index < -0.39 is 0 Å². The van der Waals surface area contributed by atoms with Crippen LogP contribution in [-0.2, 0) is 11.3 Å². The smallest absolute Gasteiger partial charge is 0.240 e. The summed E-state index contributed by atoms with van der Waals surface area (Å²) < 4.78 is 0. The fraction of sp³-hybridized carbons (Fsp3) is 0.500. The number of nitrogens with zero attached hydrogens (tertiary/aromatic N) is 4. The van der Waals surface area contributed by atoms with Crippen molar-refractivity contribution in [2.45, 2.75) is 31.8 Å². The minimum absolute atomic E-state index is 0.0432. The second-order valence-corrected chi connectivity index (χ2v) is 7.97. The lowest BCUT2D eigenvalue weighted by atomic mass is 10.1. The molecule has 2 aliphatic rings. The zero-order valence-electron chi connectivity index (χ0n) is 15.1. The standard InChI is InChI=1S/C20H26N4OS/c25-19(18-8-4-10-24(18)16-17-6-2-1-3-7-17)22-11-5-12-23(14-13-22)20-21-9-15-26-20/h1-3,6-7,9,15,18H,4-5,8,10-14,16H2. The van der Waals surface area contributed by atoms with Crippen LogP contribution in [0.3, 0.4) is 0 Å². The van der Waals surface area contributed by atoms with Gasteiger partial charge in [0.15, 0.2) is 5.13 Å². The Bertz CT molecular complexity index is 706. The third-order valence-corrected chi connectivity index (χ3v) is 6.21. The average molecular weight is 371 g/mol. The SMILES string of the molecule is O=C(C1CCCN1Cc1ccccc1)N1CCCN(c2nccs2)CC1. The van der Waals surface area contributed by atoms with E-state index in [1.807, 2.05) is 17.6 Å². The maximum Gasteiger partial charge on any atom is 0.240 e. The molecule has 1 amide bonds. The maximum absolute atomic E-state index is 13.2. The number of hydrogen-bond acceptors (Lipinski definition) is 5. The molecule has 0 saturated carbocycles. The van der Waals surface area contributed by atoms with Crippen molar-refractivity contribution in [3.05, 3.63) is 47.5 Å². The molecule has 1 aromatic carbocycles. The minimum atomic E-state index is 0.0432. The lowest BCUT2D eigenvalue weighted by Gasteiger charge is -2.29. The summed E-state index contributed by atoms with van der Waals surface area (Å²) in [7, 11) is 0. The number of carbonyl (C=O) groups excluding carboxylic acids is 1. The molecule has 138 valence electrons. The summed E-state index contributed by atoms with van der Waals surface area (Å²) in [6.07, 6.45) is 4.96. The quantitative estimate of drug-likeness (QED) is 0.830. The normalized spacial score (nSPS) is 21.8. The lowest BCUT2D eigenvalue weighted by Crippen LogP contribution is -2.46. The van der Waals surface area contributed by atoms with Crippen molar-refractivity contribution in [2.24, 2.45) is 0 Å². The van der Waals surface area contributed by atoms with Crippen LogP contribution in [0.25, 0.3) is 0 Å². The van der Waals surface area contributed by atoms with Crippen LogP contribution in [0.5, 0.6) is 0 Å². The van der Waals surface area contributed by atoms with E-state index >= 15 is 0 Å². The molecule has 0 radical (unpaired) electrons. The first-order valence-corrected chi connectivity index (χ1v) is 10.4. The van der Waals surface area contributed by atoms with E-state index in [1.54, 1.807) is 11.3 Å². The van der Waals surface area contributed by atoms with Crippen molar-refractivity contribution in [2.75, 3.05) is 37.6 Å². The molecule has 2 fully saturated rings. The van der Waals surface area contributed by atoms with Gasteiger partial charge in [-0.05, 0) is 31.4 Å². The molecule has 2 aliphatic heterocycles. The summed E-state index contributed by atoms with van der Waals surface area (Å²) in [5.41, 5.74) is 1.29. The Labute approximate surface area is 159 Å². The maximum atomic E-state index is 13.2. The molecule has 1 aromatic heterocycles. The molecule has 0 bridgehead atoms. The Hall–Kier alpha value is -1.92. The number of likely N-dealkylation sites (tertiary alicyclic amines) is 1. The van der Waals surface area contributed by atoms with Gasteiger partial charge in [-0.1, -0.05) is 30.3 Å². The molecule has 5 nitrogen and oxygen atoms in total. The number of thiazole rings is 1. The van der Waals surface area contributed by atoms with Crippen LogP contribution in [0, 0.1) is 0 Å². The second kappa shape index (κ2) is 8.18. The van der Waals surface area contributed by atoms with Crippen LogP contribution in [0.15, 0.2) is 41.9 Å². The summed E-state index contributed by atoms with van der Waals surface area (Å²) in [6.45, 7) is 5.41. The van der Waals surface area contributed by atoms with Crippen molar-refractivity contribution in [1.82, 2.24) is 14.8 Å². The van der Waals surface area contributed by atoms with Gasteiger partial charge in [-0.3, -0.25) is 9.69 Å². The van der Waals surface area contributed by atoms with Crippen LogP contribution in [0.2, 0.25) is 0 Å². The number of benzene rings is 1. The van der Waals surface area contributed by atoms with Crippen LogP contribution < -0.4 is 4.90 Å². The van der Waals surface area contributed by atoms with Gasteiger partial charge in [0, 0.05) is 44.3 Å². The van der Waals surface area contributed by atoms with Gasteiger partial charge < -0.3 is 9.80 Å². The van der Waals surface area contributed by atoms with Crippen molar-refractivity contribution in [3.8, 4) is 0 Å². The third-order valence-electron chi connectivity index (χ3n) is 5.37. The molecular weight excluding hydrogens is 344 g/mol.